The van der Waals surface area contributed by atoms with Gasteiger partial charge in [-0.2, -0.15) is 9.61 Å². The van der Waals surface area contributed by atoms with Crippen molar-refractivity contribution in [3.05, 3.63) is 66.6 Å². The highest BCUT2D eigenvalue weighted by Crippen LogP contribution is 2.43. The van der Waals surface area contributed by atoms with Crippen LogP contribution in [0.4, 0.5) is 5.82 Å². The van der Waals surface area contributed by atoms with Crippen LogP contribution in [-0.4, -0.2) is 54.2 Å². The first kappa shape index (κ1) is 20.8. The number of carbonyl (C=O) groups excluding carboxylic acids is 1. The molecule has 2 fully saturated rings. The molecule has 2 aliphatic rings. The number of aliphatic hydroxyl groups is 1. The summed E-state index contributed by atoms with van der Waals surface area (Å²) in [6, 6.07) is 16.3. The fourth-order valence-electron chi connectivity index (χ4n) is 5.66. The van der Waals surface area contributed by atoms with E-state index in [9.17, 15) is 9.90 Å². The van der Waals surface area contributed by atoms with Gasteiger partial charge >= 0.3 is 0 Å². The minimum absolute atomic E-state index is 0.154. The summed E-state index contributed by atoms with van der Waals surface area (Å²) in [5, 5.41) is 13.8. The van der Waals surface area contributed by atoms with Crippen molar-refractivity contribution in [2.75, 3.05) is 12.3 Å². The first-order valence-corrected chi connectivity index (χ1v) is 11.7. The summed E-state index contributed by atoms with van der Waals surface area (Å²) in [7, 11) is 0. The summed E-state index contributed by atoms with van der Waals surface area (Å²) in [6.07, 6.45) is 7.25. The highest BCUT2D eigenvalue weighted by atomic mass is 16.3. The third-order valence-electron chi connectivity index (χ3n) is 7.24. The van der Waals surface area contributed by atoms with Crippen molar-refractivity contribution in [3.8, 4) is 22.4 Å². The number of hydrogen-bond acceptors (Lipinski definition) is 6. The fourth-order valence-corrected chi connectivity index (χ4v) is 5.66. The van der Waals surface area contributed by atoms with Gasteiger partial charge in [-0.15, -0.1) is 0 Å². The van der Waals surface area contributed by atoms with Crippen LogP contribution in [0.1, 0.15) is 37.3 Å². The Bertz CT molecular complexity index is 1340. The van der Waals surface area contributed by atoms with Crippen LogP contribution in [0.3, 0.4) is 0 Å². The van der Waals surface area contributed by atoms with Gasteiger partial charge in [-0.05, 0) is 31.7 Å². The molecule has 0 aliphatic carbocycles. The summed E-state index contributed by atoms with van der Waals surface area (Å²) in [5.74, 6) is 0.591. The Morgan fingerprint density at radius 1 is 1.03 bits per heavy atom. The van der Waals surface area contributed by atoms with E-state index in [1.54, 1.807) is 10.7 Å². The van der Waals surface area contributed by atoms with Gasteiger partial charge < -0.3 is 15.7 Å². The molecule has 5 heterocycles. The smallest absolute Gasteiger partial charge is 0.248 e. The van der Waals surface area contributed by atoms with Crippen molar-refractivity contribution in [2.24, 2.45) is 0 Å². The monoisotopic (exact) mass is 454 g/mol. The molecule has 6 rings (SSSR count). The molecule has 2 aliphatic heterocycles. The van der Waals surface area contributed by atoms with Crippen LogP contribution in [0, 0.1) is 0 Å². The van der Waals surface area contributed by atoms with Gasteiger partial charge in [0.05, 0.1) is 11.9 Å². The van der Waals surface area contributed by atoms with E-state index >= 15 is 0 Å². The predicted molar refractivity (Wildman–Crippen MR) is 129 cm³/mol. The van der Waals surface area contributed by atoms with E-state index in [1.165, 1.54) is 0 Å². The SMILES string of the molecule is Nc1cc(C2C[C@H]3CC[C@@H](C2)N3C(=O)CO)nc2c(-c3ccc(-c4ccccc4)nc3)cnn12. The van der Waals surface area contributed by atoms with Crippen LogP contribution in [0.25, 0.3) is 28.0 Å². The lowest BCUT2D eigenvalue weighted by Gasteiger charge is -2.38. The molecule has 3 aromatic heterocycles. The molecule has 8 nitrogen and oxygen atoms in total. The largest absolute Gasteiger partial charge is 0.387 e. The fraction of sp³-hybridized carbons (Fsp3) is 0.308. The number of nitrogen functional groups attached to an aromatic ring is 1. The maximum atomic E-state index is 12.2. The molecule has 1 aromatic carbocycles. The lowest BCUT2D eigenvalue weighted by Crippen LogP contribution is -2.47. The Morgan fingerprint density at radius 2 is 1.79 bits per heavy atom. The van der Waals surface area contributed by atoms with Gasteiger partial charge in [0, 0.05) is 52.6 Å². The Labute approximate surface area is 197 Å². The molecule has 0 radical (unpaired) electrons. The van der Waals surface area contributed by atoms with Crippen molar-refractivity contribution in [3.63, 3.8) is 0 Å². The van der Waals surface area contributed by atoms with E-state index in [0.29, 0.717) is 11.5 Å². The molecule has 1 unspecified atom stereocenters. The normalized spacial score (nSPS) is 21.8. The highest BCUT2D eigenvalue weighted by molar-refractivity contribution is 5.79. The molecule has 0 spiro atoms. The van der Waals surface area contributed by atoms with Crippen LogP contribution in [-0.2, 0) is 4.79 Å². The molecule has 2 bridgehead atoms. The Kier molecular flexibility index (Phi) is 5.03. The number of pyridine rings is 1. The lowest BCUT2D eigenvalue weighted by atomic mass is 9.87. The molecule has 3 N–H and O–H groups in total. The van der Waals surface area contributed by atoms with Crippen molar-refractivity contribution in [1.82, 2.24) is 24.5 Å². The minimum atomic E-state index is -0.425. The van der Waals surface area contributed by atoms with Crippen LogP contribution in [0.15, 0.2) is 60.9 Å². The number of piperidine rings is 1. The van der Waals surface area contributed by atoms with Gasteiger partial charge in [0.2, 0.25) is 5.91 Å². The van der Waals surface area contributed by atoms with E-state index in [-0.39, 0.29) is 23.9 Å². The average molecular weight is 455 g/mol. The average Bonchev–Trinajstić information content (AvgIpc) is 3.42. The van der Waals surface area contributed by atoms with Gasteiger partial charge in [-0.1, -0.05) is 36.4 Å². The molecule has 3 atom stereocenters. The first-order chi connectivity index (χ1) is 16.6. The van der Waals surface area contributed by atoms with E-state index in [0.717, 1.165) is 53.8 Å². The van der Waals surface area contributed by atoms with Crippen molar-refractivity contribution < 1.29 is 9.90 Å². The van der Waals surface area contributed by atoms with Gasteiger partial charge in [0.15, 0.2) is 5.65 Å². The number of carbonyl (C=O) groups is 1. The third-order valence-corrected chi connectivity index (χ3v) is 7.24. The van der Waals surface area contributed by atoms with Crippen LogP contribution in [0.2, 0.25) is 0 Å². The maximum Gasteiger partial charge on any atom is 0.248 e. The number of rotatable bonds is 4. The van der Waals surface area contributed by atoms with Crippen LogP contribution < -0.4 is 5.73 Å². The molecular weight excluding hydrogens is 428 g/mol. The van der Waals surface area contributed by atoms with Crippen LogP contribution >= 0.6 is 0 Å². The number of hydrogen-bond donors (Lipinski definition) is 2. The lowest BCUT2D eigenvalue weighted by molar-refractivity contribution is -0.138. The number of nitrogens with zero attached hydrogens (tertiary/aromatic N) is 5. The standard InChI is InChI=1S/C26H26N6O2/c27-24-12-23(18-10-19-7-8-20(11-18)31(19)25(34)15-33)30-26-21(14-29-32(24)26)17-6-9-22(28-13-17)16-4-2-1-3-5-16/h1-6,9,12-14,18-20,33H,7-8,10-11,15,27H2/t18?,19-,20+. The zero-order valence-corrected chi connectivity index (χ0v) is 18.7. The number of aliphatic hydroxyl groups excluding tert-OH is 1. The van der Waals surface area contributed by atoms with E-state index in [4.69, 9.17) is 10.7 Å². The number of nitrogens with two attached hydrogens (primary N) is 1. The second-order valence-corrected chi connectivity index (χ2v) is 9.21. The number of fused-ring (bicyclic) bond motifs is 3. The van der Waals surface area contributed by atoms with Crippen molar-refractivity contribution >= 4 is 17.4 Å². The van der Waals surface area contributed by atoms with Crippen LogP contribution in [0.5, 0.6) is 0 Å². The van der Waals surface area contributed by atoms with E-state index < -0.39 is 6.61 Å². The number of benzene rings is 1. The molecule has 2 saturated heterocycles. The molecule has 172 valence electrons. The minimum Gasteiger partial charge on any atom is -0.387 e. The molecule has 0 saturated carbocycles. The Balaban J connectivity index is 1.33. The summed E-state index contributed by atoms with van der Waals surface area (Å²) in [6.45, 7) is -0.425. The summed E-state index contributed by atoms with van der Waals surface area (Å²) < 4.78 is 1.67. The zero-order valence-electron chi connectivity index (χ0n) is 18.7. The maximum absolute atomic E-state index is 12.2. The third kappa shape index (κ3) is 3.42. The van der Waals surface area contributed by atoms with E-state index in [2.05, 4.69) is 10.1 Å². The Morgan fingerprint density at radius 3 is 2.47 bits per heavy atom. The quantitative estimate of drug-likeness (QED) is 0.490. The second kappa shape index (κ2) is 8.22. The van der Waals surface area contributed by atoms with Crippen molar-refractivity contribution in [2.45, 2.75) is 43.7 Å². The number of anilines is 1. The molecule has 34 heavy (non-hydrogen) atoms. The first-order valence-electron chi connectivity index (χ1n) is 11.7. The summed E-state index contributed by atoms with van der Waals surface area (Å²) >= 11 is 0. The van der Waals surface area contributed by atoms with Gasteiger partial charge in [0.1, 0.15) is 12.4 Å². The highest BCUT2D eigenvalue weighted by Gasteiger charge is 2.43. The summed E-state index contributed by atoms with van der Waals surface area (Å²) in [4.78, 5) is 23.8. The summed E-state index contributed by atoms with van der Waals surface area (Å²) in [5.41, 5.74) is 11.8. The van der Waals surface area contributed by atoms with Gasteiger partial charge in [0.25, 0.3) is 0 Å². The number of aromatic nitrogens is 4. The molecule has 1 amide bonds. The molecule has 4 aromatic rings. The van der Waals surface area contributed by atoms with Gasteiger partial charge in [-0.25, -0.2) is 4.98 Å². The van der Waals surface area contributed by atoms with E-state index in [1.807, 2.05) is 59.6 Å². The van der Waals surface area contributed by atoms with Gasteiger partial charge in [-0.3, -0.25) is 9.78 Å². The zero-order chi connectivity index (χ0) is 23.2. The Hall–Kier alpha value is -3.78. The predicted octanol–water partition coefficient (Wildman–Crippen LogP) is 3.27. The van der Waals surface area contributed by atoms with Crippen molar-refractivity contribution in [1.29, 1.82) is 0 Å². The second-order valence-electron chi connectivity index (χ2n) is 9.21. The number of amides is 1. The topological polar surface area (TPSA) is 110 Å². The molecule has 8 heteroatoms. The molecular formula is C26H26N6O2.